The minimum absolute atomic E-state index is 0.0267. The number of methoxy groups -OCH3 is 2. The van der Waals surface area contributed by atoms with Crippen LogP contribution in [0.25, 0.3) is 11.3 Å². The number of non-ortho nitro benzene ring substituents is 1. The highest BCUT2D eigenvalue weighted by atomic mass is 79.9. The van der Waals surface area contributed by atoms with E-state index in [4.69, 9.17) is 13.9 Å². The number of halogens is 1. The number of nitrogens with one attached hydrogen (secondary N) is 1. The summed E-state index contributed by atoms with van der Waals surface area (Å²) in [4.78, 5) is 22.5. The Morgan fingerprint density at radius 1 is 1.16 bits per heavy atom. The van der Waals surface area contributed by atoms with Gasteiger partial charge in [0, 0.05) is 22.2 Å². The predicted molar refractivity (Wildman–Crippen MR) is 117 cm³/mol. The molecule has 1 heterocycles. The van der Waals surface area contributed by atoms with E-state index in [0.717, 1.165) is 5.56 Å². The number of nitrogens with zero attached hydrogens (tertiary/aromatic N) is 2. The smallest absolute Gasteiger partial charge is 0.270 e. The van der Waals surface area contributed by atoms with Crippen molar-refractivity contribution >= 4 is 33.7 Å². The number of benzene rings is 2. The third-order valence-corrected chi connectivity index (χ3v) is 4.91. The molecule has 10 heteroatoms. The second-order valence-corrected chi connectivity index (χ2v) is 7.14. The second kappa shape index (κ2) is 9.90. The molecule has 3 aromatic rings. The zero-order valence-electron chi connectivity index (χ0n) is 16.6. The Hall–Kier alpha value is -3.66. The van der Waals surface area contributed by atoms with Crippen LogP contribution in [0.1, 0.15) is 11.3 Å². The number of hydrogen-bond acceptors (Lipinski definition) is 7. The minimum Gasteiger partial charge on any atom is -0.493 e. The number of carbonyl (C=O) groups excluding carboxylic acids is 1. The molecule has 3 rings (SSSR count). The fourth-order valence-corrected chi connectivity index (χ4v) is 3.33. The van der Waals surface area contributed by atoms with E-state index in [1.165, 1.54) is 25.5 Å². The highest BCUT2D eigenvalue weighted by Gasteiger charge is 2.13. The van der Waals surface area contributed by atoms with Crippen LogP contribution in [0.5, 0.6) is 11.5 Å². The van der Waals surface area contributed by atoms with E-state index in [0.29, 0.717) is 33.1 Å². The van der Waals surface area contributed by atoms with Crippen molar-refractivity contribution in [2.75, 3.05) is 14.2 Å². The van der Waals surface area contributed by atoms with Crippen molar-refractivity contribution in [2.24, 2.45) is 5.10 Å². The lowest BCUT2D eigenvalue weighted by Crippen LogP contribution is -2.19. The molecule has 0 radical (unpaired) electrons. The Morgan fingerprint density at radius 3 is 2.61 bits per heavy atom. The lowest BCUT2D eigenvalue weighted by Gasteiger charge is -2.09. The number of nitro benzene ring substituents is 1. The fraction of sp³-hybridized carbons (Fsp3) is 0.143. The molecule has 0 unspecified atom stereocenters. The number of furan rings is 1. The van der Waals surface area contributed by atoms with Gasteiger partial charge in [-0.3, -0.25) is 14.9 Å². The molecule has 0 aliphatic heterocycles. The van der Waals surface area contributed by atoms with Gasteiger partial charge in [0.1, 0.15) is 11.5 Å². The zero-order valence-corrected chi connectivity index (χ0v) is 18.2. The molecule has 0 spiro atoms. The Bertz CT molecular complexity index is 1140. The van der Waals surface area contributed by atoms with E-state index < -0.39 is 4.92 Å². The van der Waals surface area contributed by atoms with E-state index in [-0.39, 0.29) is 18.0 Å². The molecule has 160 valence electrons. The van der Waals surface area contributed by atoms with Crippen LogP contribution in [-0.2, 0) is 11.2 Å². The Kier molecular flexibility index (Phi) is 7.03. The molecule has 0 aliphatic rings. The predicted octanol–water partition coefficient (Wildman–Crippen LogP) is 4.33. The van der Waals surface area contributed by atoms with Gasteiger partial charge in [0.2, 0.25) is 5.91 Å². The first-order valence-electron chi connectivity index (χ1n) is 8.98. The highest BCUT2D eigenvalue weighted by molar-refractivity contribution is 9.10. The molecule has 0 saturated carbocycles. The van der Waals surface area contributed by atoms with Gasteiger partial charge in [0.25, 0.3) is 5.69 Å². The average Bonchev–Trinajstić information content (AvgIpc) is 3.22. The van der Waals surface area contributed by atoms with Crippen LogP contribution in [0.4, 0.5) is 5.69 Å². The first-order valence-corrected chi connectivity index (χ1v) is 9.77. The van der Waals surface area contributed by atoms with E-state index in [2.05, 4.69) is 26.5 Å². The molecule has 0 aliphatic carbocycles. The third-order valence-electron chi connectivity index (χ3n) is 4.25. The van der Waals surface area contributed by atoms with Crippen molar-refractivity contribution in [2.45, 2.75) is 6.42 Å². The highest BCUT2D eigenvalue weighted by Crippen LogP contribution is 2.32. The molecular weight excluding hydrogens is 470 g/mol. The topological polar surface area (TPSA) is 116 Å². The minimum atomic E-state index is -0.473. The number of ether oxygens (including phenoxy) is 2. The van der Waals surface area contributed by atoms with Gasteiger partial charge in [0.05, 0.1) is 31.8 Å². The standard InChI is InChI=1S/C21H18BrN3O6/c1-29-19-7-3-13(9-20(19)30-2)10-21(26)24-23-12-15-5-8-18(31-15)16-6-4-14(25(27)28)11-17(16)22/h3-9,11-12H,10H2,1-2H3,(H,24,26)/b23-12-. The summed E-state index contributed by atoms with van der Waals surface area (Å²) in [5.74, 6) is 1.72. The maximum Gasteiger partial charge on any atom is 0.270 e. The average molecular weight is 488 g/mol. The Morgan fingerprint density at radius 2 is 1.94 bits per heavy atom. The fourth-order valence-electron chi connectivity index (χ4n) is 2.77. The van der Waals surface area contributed by atoms with Crippen molar-refractivity contribution in [1.29, 1.82) is 0 Å². The van der Waals surface area contributed by atoms with Gasteiger partial charge >= 0.3 is 0 Å². The summed E-state index contributed by atoms with van der Waals surface area (Å²) in [5, 5.41) is 14.8. The van der Waals surface area contributed by atoms with Crippen molar-refractivity contribution in [3.05, 3.63) is 74.4 Å². The number of nitro groups is 1. The molecule has 0 saturated heterocycles. The number of amides is 1. The molecule has 31 heavy (non-hydrogen) atoms. The van der Waals surface area contributed by atoms with Crippen molar-refractivity contribution in [1.82, 2.24) is 5.43 Å². The summed E-state index contributed by atoms with van der Waals surface area (Å²) in [5.41, 5.74) is 3.81. The van der Waals surface area contributed by atoms with E-state index in [9.17, 15) is 14.9 Å². The van der Waals surface area contributed by atoms with Crippen LogP contribution in [0, 0.1) is 10.1 Å². The first kappa shape index (κ1) is 22.0. The van der Waals surface area contributed by atoms with E-state index in [1.54, 1.807) is 43.5 Å². The van der Waals surface area contributed by atoms with Crippen molar-refractivity contribution in [3.63, 3.8) is 0 Å². The van der Waals surface area contributed by atoms with E-state index >= 15 is 0 Å². The molecule has 1 amide bonds. The SMILES string of the molecule is COc1ccc(CC(=O)N/N=C\c2ccc(-c3ccc([N+](=O)[O-])cc3Br)o2)cc1OC. The van der Waals surface area contributed by atoms with Crippen LogP contribution in [-0.4, -0.2) is 31.3 Å². The molecule has 0 bridgehead atoms. The molecule has 0 atom stereocenters. The number of rotatable bonds is 8. The molecule has 1 N–H and O–H groups in total. The van der Waals surface area contributed by atoms with Crippen LogP contribution in [0.3, 0.4) is 0 Å². The van der Waals surface area contributed by atoms with Crippen LogP contribution in [0.2, 0.25) is 0 Å². The summed E-state index contributed by atoms with van der Waals surface area (Å²) in [7, 11) is 3.07. The van der Waals surface area contributed by atoms with Gasteiger partial charge < -0.3 is 13.9 Å². The second-order valence-electron chi connectivity index (χ2n) is 6.28. The lowest BCUT2D eigenvalue weighted by atomic mass is 10.1. The van der Waals surface area contributed by atoms with Gasteiger partial charge in [-0.25, -0.2) is 5.43 Å². The van der Waals surface area contributed by atoms with E-state index in [1.807, 2.05) is 0 Å². The Labute approximate surface area is 185 Å². The number of carbonyl (C=O) groups is 1. The van der Waals surface area contributed by atoms with Crippen LogP contribution >= 0.6 is 15.9 Å². The largest absolute Gasteiger partial charge is 0.493 e. The van der Waals surface area contributed by atoms with Gasteiger partial charge in [-0.05, 0) is 51.8 Å². The summed E-state index contributed by atoms with van der Waals surface area (Å²) in [6.07, 6.45) is 1.48. The van der Waals surface area contributed by atoms with Gasteiger partial charge in [-0.1, -0.05) is 6.07 Å². The monoisotopic (exact) mass is 487 g/mol. The first-order chi connectivity index (χ1) is 14.9. The number of hydrazone groups is 1. The maximum atomic E-state index is 12.1. The normalized spacial score (nSPS) is 10.8. The third kappa shape index (κ3) is 5.48. The molecule has 9 nitrogen and oxygen atoms in total. The lowest BCUT2D eigenvalue weighted by molar-refractivity contribution is -0.384. The summed E-state index contributed by atoms with van der Waals surface area (Å²) >= 11 is 3.31. The zero-order chi connectivity index (χ0) is 22.4. The summed E-state index contributed by atoms with van der Waals surface area (Å²) in [6.45, 7) is 0. The summed E-state index contributed by atoms with van der Waals surface area (Å²) < 4.78 is 16.6. The Balaban J connectivity index is 1.61. The summed E-state index contributed by atoms with van der Waals surface area (Å²) in [6, 6.07) is 13.0. The van der Waals surface area contributed by atoms with Crippen LogP contribution < -0.4 is 14.9 Å². The molecular formula is C21H18BrN3O6. The molecule has 1 aromatic heterocycles. The van der Waals surface area contributed by atoms with Gasteiger partial charge in [-0.2, -0.15) is 5.10 Å². The quantitative estimate of drug-likeness (QED) is 0.287. The van der Waals surface area contributed by atoms with Gasteiger partial charge in [0.15, 0.2) is 11.5 Å². The molecule has 2 aromatic carbocycles. The maximum absolute atomic E-state index is 12.1. The molecule has 0 fully saturated rings. The van der Waals surface area contributed by atoms with Crippen molar-refractivity contribution in [3.8, 4) is 22.8 Å². The number of hydrogen-bond donors (Lipinski definition) is 1. The van der Waals surface area contributed by atoms with Crippen molar-refractivity contribution < 1.29 is 23.6 Å². The van der Waals surface area contributed by atoms with Crippen LogP contribution in [0.15, 0.2) is 62.5 Å². The van der Waals surface area contributed by atoms with Gasteiger partial charge in [-0.15, -0.1) is 0 Å².